The fourth-order valence-electron chi connectivity index (χ4n) is 1.92. The molecule has 0 saturated carbocycles. The Hall–Kier alpha value is -1.07. The molecule has 0 heterocycles. The third-order valence-electron chi connectivity index (χ3n) is 3.75. The lowest BCUT2D eigenvalue weighted by atomic mass is 9.98. The maximum absolute atomic E-state index is 12.2. The van der Waals surface area contributed by atoms with Crippen LogP contribution in [0.5, 0.6) is 0 Å². The van der Waals surface area contributed by atoms with E-state index in [2.05, 4.69) is 26.1 Å². The molecule has 0 aliphatic heterocycles. The first-order chi connectivity index (χ1) is 9.54. The Morgan fingerprint density at radius 1 is 1.19 bits per heavy atom. The molecule has 1 amide bonds. The third kappa shape index (κ3) is 4.71. The van der Waals surface area contributed by atoms with E-state index in [0.717, 1.165) is 5.56 Å². The fourth-order valence-corrected chi connectivity index (χ4v) is 3.13. The predicted octanol–water partition coefficient (Wildman–Crippen LogP) is 3.25. The van der Waals surface area contributed by atoms with Gasteiger partial charge in [-0.25, -0.2) is 8.42 Å². The van der Waals surface area contributed by atoms with Crippen LogP contribution in [0.4, 0.5) is 0 Å². The molecule has 1 unspecified atom stereocenters. The average Bonchev–Trinajstić information content (AvgIpc) is 2.33. The molecule has 118 valence electrons. The number of aryl methyl sites for hydroxylation is 2. The highest BCUT2D eigenvalue weighted by Gasteiger charge is 2.19. The number of rotatable bonds is 5. The summed E-state index contributed by atoms with van der Waals surface area (Å²) in [5, 5.41) is 2.84. The van der Waals surface area contributed by atoms with E-state index in [0.29, 0.717) is 29.5 Å². The summed E-state index contributed by atoms with van der Waals surface area (Å²) in [6.07, 6.45) is 0. The van der Waals surface area contributed by atoms with Crippen molar-refractivity contribution >= 4 is 25.6 Å². The summed E-state index contributed by atoms with van der Waals surface area (Å²) >= 11 is 0. The second kappa shape index (κ2) is 6.79. The number of hydrogen-bond donors (Lipinski definition) is 1. The molecule has 0 fully saturated rings. The Labute approximate surface area is 131 Å². The van der Waals surface area contributed by atoms with Crippen LogP contribution in [-0.4, -0.2) is 20.9 Å². The fraction of sp³-hybridized carbons (Fsp3) is 0.533. The van der Waals surface area contributed by atoms with Crippen LogP contribution in [0, 0.1) is 25.7 Å². The van der Waals surface area contributed by atoms with Gasteiger partial charge in [-0.3, -0.25) is 4.79 Å². The van der Waals surface area contributed by atoms with E-state index in [-0.39, 0.29) is 10.8 Å². The largest absolute Gasteiger partial charge is 0.352 e. The molecule has 1 aromatic carbocycles. The van der Waals surface area contributed by atoms with Crippen LogP contribution in [0.25, 0.3) is 0 Å². The maximum Gasteiger partial charge on any atom is 0.261 e. The highest BCUT2D eigenvalue weighted by atomic mass is 35.7. The highest BCUT2D eigenvalue weighted by Crippen LogP contribution is 2.23. The summed E-state index contributed by atoms with van der Waals surface area (Å²) in [6.45, 7) is 10.2. The smallest absolute Gasteiger partial charge is 0.261 e. The lowest BCUT2D eigenvalue weighted by molar-refractivity contribution is 0.0944. The van der Waals surface area contributed by atoms with Gasteiger partial charge in [0, 0.05) is 22.8 Å². The minimum absolute atomic E-state index is 0.0168. The standard InChI is InChI=1S/C15H22ClNO3S/c1-9(2)12(5)8-17-15(18)13-7-14(21(16,19)20)11(4)6-10(13)3/h6-7,9,12H,8H2,1-5H3,(H,17,18). The van der Waals surface area contributed by atoms with Crippen LogP contribution in [-0.2, 0) is 9.05 Å². The molecule has 21 heavy (non-hydrogen) atoms. The van der Waals surface area contributed by atoms with Crippen molar-refractivity contribution in [3.8, 4) is 0 Å². The van der Waals surface area contributed by atoms with Gasteiger partial charge in [0.25, 0.3) is 15.0 Å². The van der Waals surface area contributed by atoms with Gasteiger partial charge in [0.1, 0.15) is 0 Å². The number of halogens is 1. The van der Waals surface area contributed by atoms with Crippen LogP contribution in [0.15, 0.2) is 17.0 Å². The first-order valence-electron chi connectivity index (χ1n) is 6.88. The normalized spacial score (nSPS) is 13.3. The summed E-state index contributed by atoms with van der Waals surface area (Å²) in [7, 11) is 1.54. The Kier molecular flexibility index (Phi) is 5.82. The topological polar surface area (TPSA) is 63.2 Å². The van der Waals surface area contributed by atoms with Gasteiger partial charge in [-0.1, -0.05) is 26.8 Å². The van der Waals surface area contributed by atoms with E-state index < -0.39 is 9.05 Å². The lowest BCUT2D eigenvalue weighted by Crippen LogP contribution is -2.30. The zero-order chi connectivity index (χ0) is 16.4. The number of carbonyl (C=O) groups excluding carboxylic acids is 1. The van der Waals surface area contributed by atoms with E-state index in [9.17, 15) is 13.2 Å². The molecule has 1 atom stereocenters. The van der Waals surface area contributed by atoms with Gasteiger partial charge in [-0.15, -0.1) is 0 Å². The van der Waals surface area contributed by atoms with Crippen molar-refractivity contribution in [1.82, 2.24) is 5.32 Å². The molecule has 0 aliphatic carbocycles. The molecule has 0 aliphatic rings. The molecular weight excluding hydrogens is 310 g/mol. The van der Waals surface area contributed by atoms with E-state index in [1.54, 1.807) is 19.9 Å². The zero-order valence-electron chi connectivity index (χ0n) is 13.0. The minimum atomic E-state index is -3.86. The Morgan fingerprint density at radius 3 is 2.24 bits per heavy atom. The number of nitrogens with one attached hydrogen (secondary N) is 1. The third-order valence-corrected chi connectivity index (χ3v) is 5.22. The van der Waals surface area contributed by atoms with Crippen LogP contribution in [0.3, 0.4) is 0 Å². The summed E-state index contributed by atoms with van der Waals surface area (Å²) in [4.78, 5) is 12.2. The summed E-state index contributed by atoms with van der Waals surface area (Å²) in [6, 6.07) is 3.01. The van der Waals surface area contributed by atoms with Crippen LogP contribution in [0.1, 0.15) is 42.3 Å². The predicted molar refractivity (Wildman–Crippen MR) is 85.3 cm³/mol. The number of benzene rings is 1. The second-order valence-electron chi connectivity index (χ2n) is 5.80. The summed E-state index contributed by atoms with van der Waals surface area (Å²) in [5.41, 5.74) is 1.61. The first-order valence-corrected chi connectivity index (χ1v) is 9.19. The van der Waals surface area contributed by atoms with Gasteiger partial charge in [-0.05, 0) is 42.9 Å². The van der Waals surface area contributed by atoms with Gasteiger partial charge in [0.15, 0.2) is 0 Å². The average molecular weight is 332 g/mol. The van der Waals surface area contributed by atoms with Gasteiger partial charge in [0.05, 0.1) is 4.90 Å². The van der Waals surface area contributed by atoms with Gasteiger partial charge < -0.3 is 5.32 Å². The molecule has 6 heteroatoms. The lowest BCUT2D eigenvalue weighted by Gasteiger charge is -2.17. The Morgan fingerprint density at radius 2 is 1.76 bits per heavy atom. The van der Waals surface area contributed by atoms with Crippen molar-refractivity contribution in [2.45, 2.75) is 39.5 Å². The molecule has 1 aromatic rings. The van der Waals surface area contributed by atoms with E-state index in [1.807, 2.05) is 0 Å². The molecular formula is C15H22ClNO3S. The molecule has 0 saturated heterocycles. The highest BCUT2D eigenvalue weighted by molar-refractivity contribution is 8.13. The Balaban J connectivity index is 3.05. The summed E-state index contributed by atoms with van der Waals surface area (Å²) < 4.78 is 23.1. The van der Waals surface area contributed by atoms with Crippen molar-refractivity contribution in [1.29, 1.82) is 0 Å². The van der Waals surface area contributed by atoms with Crippen LogP contribution in [0.2, 0.25) is 0 Å². The second-order valence-corrected chi connectivity index (χ2v) is 8.34. The van der Waals surface area contributed by atoms with Gasteiger partial charge in [0.2, 0.25) is 0 Å². The molecule has 1 N–H and O–H groups in total. The molecule has 0 spiro atoms. The number of amides is 1. The number of carbonyl (C=O) groups is 1. The van der Waals surface area contributed by atoms with Crippen molar-refractivity contribution in [3.05, 3.63) is 28.8 Å². The quantitative estimate of drug-likeness (QED) is 0.842. The number of hydrogen-bond acceptors (Lipinski definition) is 3. The van der Waals surface area contributed by atoms with Gasteiger partial charge >= 0.3 is 0 Å². The zero-order valence-corrected chi connectivity index (χ0v) is 14.6. The molecule has 1 rings (SSSR count). The Bertz CT molecular complexity index is 639. The minimum Gasteiger partial charge on any atom is -0.352 e. The summed E-state index contributed by atoms with van der Waals surface area (Å²) in [5.74, 6) is 0.528. The van der Waals surface area contributed by atoms with E-state index in [4.69, 9.17) is 10.7 Å². The van der Waals surface area contributed by atoms with Crippen molar-refractivity contribution in [2.75, 3.05) is 6.54 Å². The van der Waals surface area contributed by atoms with Crippen molar-refractivity contribution in [3.63, 3.8) is 0 Å². The van der Waals surface area contributed by atoms with Crippen LogP contribution >= 0.6 is 10.7 Å². The molecule has 0 aromatic heterocycles. The molecule has 0 radical (unpaired) electrons. The SMILES string of the molecule is Cc1cc(C)c(S(=O)(=O)Cl)cc1C(=O)NCC(C)C(C)C. The van der Waals surface area contributed by atoms with Crippen molar-refractivity contribution < 1.29 is 13.2 Å². The molecule has 0 bridgehead atoms. The van der Waals surface area contributed by atoms with E-state index in [1.165, 1.54) is 6.07 Å². The maximum atomic E-state index is 12.2. The van der Waals surface area contributed by atoms with Crippen LogP contribution < -0.4 is 5.32 Å². The van der Waals surface area contributed by atoms with Crippen molar-refractivity contribution in [2.24, 2.45) is 11.8 Å². The first kappa shape index (κ1) is 18.0. The molecule has 4 nitrogen and oxygen atoms in total. The van der Waals surface area contributed by atoms with Gasteiger partial charge in [-0.2, -0.15) is 0 Å². The monoisotopic (exact) mass is 331 g/mol. The van der Waals surface area contributed by atoms with E-state index >= 15 is 0 Å².